The highest BCUT2D eigenvalue weighted by molar-refractivity contribution is 5.53. The van der Waals surface area contributed by atoms with Crippen molar-refractivity contribution < 1.29 is 9.47 Å². The van der Waals surface area contributed by atoms with Crippen molar-refractivity contribution in [2.75, 3.05) is 52.9 Å². The Labute approximate surface area is 108 Å². The molecular weight excluding hydrogens is 230 g/mol. The van der Waals surface area contributed by atoms with Gasteiger partial charge < -0.3 is 19.8 Å². The smallest absolute Gasteiger partial charge is 0.124 e. The first-order chi connectivity index (χ1) is 8.71. The second-order valence-electron chi connectivity index (χ2n) is 4.50. The van der Waals surface area contributed by atoms with E-state index in [0.29, 0.717) is 0 Å². The Hall–Kier alpha value is -1.46. The largest absolute Gasteiger partial charge is 0.497 e. The highest BCUT2D eigenvalue weighted by Crippen LogP contribution is 2.26. The standard InChI is InChI=1S/C13H21N3O2/c1-15-4-6-16(7-5-15)14-11-8-12(17-2)10-13(9-11)18-3/h8-10,14H,4-7H2,1-3H3. The minimum Gasteiger partial charge on any atom is -0.497 e. The van der Waals surface area contributed by atoms with Crippen molar-refractivity contribution in [1.29, 1.82) is 0 Å². The Bertz CT molecular complexity index is 368. The minimum absolute atomic E-state index is 0.797. The van der Waals surface area contributed by atoms with E-state index in [1.165, 1.54) is 0 Å². The topological polar surface area (TPSA) is 37.0 Å². The van der Waals surface area contributed by atoms with Gasteiger partial charge in [0.2, 0.25) is 0 Å². The second-order valence-corrected chi connectivity index (χ2v) is 4.50. The molecule has 0 aromatic heterocycles. The number of benzene rings is 1. The summed E-state index contributed by atoms with van der Waals surface area (Å²) in [6.07, 6.45) is 0. The number of methoxy groups -OCH3 is 2. The van der Waals surface area contributed by atoms with E-state index in [1.54, 1.807) is 14.2 Å². The Kier molecular flexibility index (Phi) is 4.28. The third-order valence-corrected chi connectivity index (χ3v) is 3.14. The lowest BCUT2D eigenvalue weighted by Gasteiger charge is -2.33. The van der Waals surface area contributed by atoms with Crippen LogP contribution in [0, 0.1) is 0 Å². The van der Waals surface area contributed by atoms with Crippen molar-refractivity contribution in [3.63, 3.8) is 0 Å². The molecule has 1 aliphatic heterocycles. The van der Waals surface area contributed by atoms with Crippen LogP contribution in [0.3, 0.4) is 0 Å². The molecule has 0 aliphatic carbocycles. The van der Waals surface area contributed by atoms with Gasteiger partial charge >= 0.3 is 0 Å². The van der Waals surface area contributed by atoms with Gasteiger partial charge in [-0.05, 0) is 7.05 Å². The first kappa shape index (κ1) is 13.0. The Morgan fingerprint density at radius 3 is 2.00 bits per heavy atom. The van der Waals surface area contributed by atoms with Gasteiger partial charge in [-0.2, -0.15) is 0 Å². The zero-order chi connectivity index (χ0) is 13.0. The molecule has 0 amide bonds. The molecule has 1 aromatic rings. The maximum absolute atomic E-state index is 5.26. The van der Waals surface area contributed by atoms with E-state index >= 15 is 0 Å². The molecule has 0 unspecified atom stereocenters. The van der Waals surface area contributed by atoms with E-state index in [4.69, 9.17) is 9.47 Å². The summed E-state index contributed by atoms with van der Waals surface area (Å²) >= 11 is 0. The van der Waals surface area contributed by atoms with Gasteiger partial charge in [-0.15, -0.1) is 0 Å². The van der Waals surface area contributed by atoms with E-state index in [2.05, 4.69) is 22.4 Å². The molecule has 0 spiro atoms. The maximum atomic E-state index is 5.26. The highest BCUT2D eigenvalue weighted by Gasteiger charge is 2.14. The predicted molar refractivity (Wildman–Crippen MR) is 72.2 cm³/mol. The molecule has 100 valence electrons. The number of anilines is 1. The van der Waals surface area contributed by atoms with E-state index in [9.17, 15) is 0 Å². The molecule has 2 rings (SSSR count). The maximum Gasteiger partial charge on any atom is 0.124 e. The third kappa shape index (κ3) is 3.27. The summed E-state index contributed by atoms with van der Waals surface area (Å²) in [6.45, 7) is 4.17. The van der Waals surface area contributed by atoms with Crippen molar-refractivity contribution in [1.82, 2.24) is 9.91 Å². The monoisotopic (exact) mass is 251 g/mol. The fourth-order valence-electron chi connectivity index (χ4n) is 1.97. The van der Waals surface area contributed by atoms with Crippen LogP contribution in [0.25, 0.3) is 0 Å². The molecule has 5 heteroatoms. The van der Waals surface area contributed by atoms with Gasteiger partial charge in [0, 0.05) is 44.4 Å². The summed E-state index contributed by atoms with van der Waals surface area (Å²) in [5, 5.41) is 2.22. The van der Waals surface area contributed by atoms with E-state index in [1.807, 2.05) is 18.2 Å². The number of rotatable bonds is 4. The number of hydrogen-bond acceptors (Lipinski definition) is 5. The number of ether oxygens (including phenoxy) is 2. The second kappa shape index (κ2) is 5.93. The average Bonchev–Trinajstić information content (AvgIpc) is 2.41. The molecule has 5 nitrogen and oxygen atoms in total. The number of nitrogens with zero attached hydrogens (tertiary/aromatic N) is 2. The fourth-order valence-corrected chi connectivity index (χ4v) is 1.97. The van der Waals surface area contributed by atoms with Gasteiger partial charge in [0.1, 0.15) is 11.5 Å². The van der Waals surface area contributed by atoms with Crippen molar-refractivity contribution in [3.05, 3.63) is 18.2 Å². The van der Waals surface area contributed by atoms with Crippen LogP contribution < -0.4 is 14.9 Å². The first-order valence-corrected chi connectivity index (χ1v) is 6.14. The number of nitrogens with one attached hydrogen (secondary N) is 1. The van der Waals surface area contributed by atoms with Crippen LogP contribution in [0.1, 0.15) is 0 Å². The summed E-state index contributed by atoms with van der Waals surface area (Å²) in [6, 6.07) is 5.82. The lowest BCUT2D eigenvalue weighted by atomic mass is 10.3. The number of likely N-dealkylation sites (N-methyl/N-ethyl adjacent to an activating group) is 1. The Morgan fingerprint density at radius 1 is 0.944 bits per heavy atom. The van der Waals surface area contributed by atoms with Gasteiger partial charge in [-0.1, -0.05) is 0 Å². The molecule has 0 atom stereocenters. The van der Waals surface area contributed by atoms with Crippen molar-refractivity contribution >= 4 is 5.69 Å². The first-order valence-electron chi connectivity index (χ1n) is 6.14. The summed E-state index contributed by atoms with van der Waals surface area (Å²) in [5.41, 5.74) is 4.39. The van der Waals surface area contributed by atoms with Crippen molar-refractivity contribution in [2.45, 2.75) is 0 Å². The molecule has 1 N–H and O–H groups in total. The summed E-state index contributed by atoms with van der Waals surface area (Å²) in [5.74, 6) is 1.59. The van der Waals surface area contributed by atoms with Gasteiger partial charge in [-0.3, -0.25) is 0 Å². The van der Waals surface area contributed by atoms with E-state index in [0.717, 1.165) is 43.4 Å². The zero-order valence-corrected chi connectivity index (χ0v) is 11.3. The summed E-state index contributed by atoms with van der Waals surface area (Å²) < 4.78 is 10.5. The molecule has 1 aliphatic rings. The van der Waals surface area contributed by atoms with E-state index in [-0.39, 0.29) is 0 Å². The normalized spacial score (nSPS) is 17.5. The molecule has 1 saturated heterocycles. The Morgan fingerprint density at radius 2 is 1.50 bits per heavy atom. The fraction of sp³-hybridized carbons (Fsp3) is 0.538. The molecule has 0 saturated carbocycles. The predicted octanol–water partition coefficient (Wildman–Crippen LogP) is 1.28. The van der Waals surface area contributed by atoms with Crippen LogP contribution >= 0.6 is 0 Å². The lowest BCUT2D eigenvalue weighted by Crippen LogP contribution is -2.46. The SMILES string of the molecule is COc1cc(NN2CCN(C)CC2)cc(OC)c1. The van der Waals surface area contributed by atoms with E-state index < -0.39 is 0 Å². The van der Waals surface area contributed by atoms with Gasteiger partial charge in [0.05, 0.1) is 19.9 Å². The highest BCUT2D eigenvalue weighted by atomic mass is 16.5. The number of hydrogen-bond donors (Lipinski definition) is 1. The molecule has 1 heterocycles. The molecule has 1 fully saturated rings. The molecular formula is C13H21N3O2. The zero-order valence-electron chi connectivity index (χ0n) is 11.3. The number of piperazine rings is 1. The molecule has 18 heavy (non-hydrogen) atoms. The minimum atomic E-state index is 0.797. The molecule has 1 aromatic carbocycles. The van der Waals surface area contributed by atoms with Crippen LogP contribution in [-0.4, -0.2) is 57.4 Å². The van der Waals surface area contributed by atoms with Crippen LogP contribution in [0.4, 0.5) is 5.69 Å². The molecule has 0 radical (unpaired) electrons. The van der Waals surface area contributed by atoms with Crippen molar-refractivity contribution in [2.24, 2.45) is 0 Å². The molecule has 0 bridgehead atoms. The van der Waals surface area contributed by atoms with Gasteiger partial charge in [-0.25, -0.2) is 5.01 Å². The summed E-state index contributed by atoms with van der Waals surface area (Å²) in [7, 11) is 5.47. The van der Waals surface area contributed by atoms with Gasteiger partial charge in [0.25, 0.3) is 0 Å². The average molecular weight is 251 g/mol. The van der Waals surface area contributed by atoms with Crippen molar-refractivity contribution in [3.8, 4) is 11.5 Å². The third-order valence-electron chi connectivity index (χ3n) is 3.14. The quantitative estimate of drug-likeness (QED) is 0.872. The van der Waals surface area contributed by atoms with Crippen LogP contribution in [0.15, 0.2) is 18.2 Å². The van der Waals surface area contributed by atoms with Crippen LogP contribution in [0.5, 0.6) is 11.5 Å². The van der Waals surface area contributed by atoms with Crippen LogP contribution in [0.2, 0.25) is 0 Å². The van der Waals surface area contributed by atoms with Gasteiger partial charge in [0.15, 0.2) is 0 Å². The lowest BCUT2D eigenvalue weighted by molar-refractivity contribution is 0.179. The Balaban J connectivity index is 2.03. The number of hydrazine groups is 1. The summed E-state index contributed by atoms with van der Waals surface area (Å²) in [4.78, 5) is 2.32. The van der Waals surface area contributed by atoms with Crippen LogP contribution in [-0.2, 0) is 0 Å².